The second-order valence-corrected chi connectivity index (χ2v) is 13.9. The van der Waals surface area contributed by atoms with Crippen molar-refractivity contribution >= 4 is 120 Å². The van der Waals surface area contributed by atoms with Gasteiger partial charge in [-0.2, -0.15) is 0 Å². The van der Waals surface area contributed by atoms with Gasteiger partial charge in [0.15, 0.2) is 56.0 Å². The molecule has 0 aliphatic rings. The molecule has 32 heteroatoms. The maximum atomic E-state index is 8.84. The van der Waals surface area contributed by atoms with Gasteiger partial charge in [0.1, 0.15) is 0 Å². The van der Waals surface area contributed by atoms with Crippen LogP contribution >= 0.6 is 64.1 Å². The Morgan fingerprint density at radius 2 is 0.281 bits per heavy atom. The van der Waals surface area contributed by atoms with Crippen LogP contribution in [-0.2, 0) is 90.1 Å². The minimum absolute atomic E-state index is 0. The summed E-state index contributed by atoms with van der Waals surface area (Å²) >= 11 is 0. The Hall–Kier alpha value is 2.24. The van der Waals surface area contributed by atoms with Crippen molar-refractivity contribution < 1.29 is 112 Å². The fourth-order valence-corrected chi connectivity index (χ4v) is 0. The molecule has 0 heterocycles. The summed E-state index contributed by atoms with van der Waals surface area (Å²) in [5.41, 5.74) is 0. The van der Waals surface area contributed by atoms with E-state index in [0.29, 0.717) is 0 Å². The van der Waals surface area contributed by atoms with Crippen LogP contribution < -0.4 is 0 Å². The van der Waals surface area contributed by atoms with E-state index in [4.69, 9.17) is 77.8 Å². The van der Waals surface area contributed by atoms with Crippen molar-refractivity contribution in [1.82, 2.24) is 0 Å². The molecule has 0 atom stereocenters. The predicted octanol–water partition coefficient (Wildman–Crippen LogP) is -1.89. The second kappa shape index (κ2) is 23.6. The molecule has 0 aromatic carbocycles. The Morgan fingerprint density at radius 3 is 0.281 bits per heavy atom. The van der Waals surface area contributed by atoms with Crippen LogP contribution in [0.5, 0.6) is 0 Å². The van der Waals surface area contributed by atoms with Crippen LogP contribution in [0, 0.1) is 0 Å². The topological polar surface area (TPSA) is 343 Å². The van der Waals surface area contributed by atoms with E-state index < -0.39 is 56.0 Å². The molecule has 0 rings (SSSR count). The Labute approximate surface area is 229 Å². The zero-order chi connectivity index (χ0) is 27.0. The minimum Gasteiger partial charge on any atom is -0.735 e. The third kappa shape index (κ3) is 6280. The molecule has 0 amide bonds. The van der Waals surface area contributed by atoms with E-state index in [2.05, 4.69) is 64.1 Å². The maximum absolute atomic E-state index is 8.84. The van der Waals surface area contributed by atoms with Gasteiger partial charge < -0.3 is 27.3 Å². The summed E-state index contributed by atoms with van der Waals surface area (Å²) in [5.74, 6) is 0. The van der Waals surface area contributed by atoms with Gasteiger partial charge in [0.05, 0.1) is 0 Å². The van der Waals surface area contributed by atoms with Crippen molar-refractivity contribution in [2.75, 3.05) is 0 Å². The van der Waals surface area contributed by atoms with Gasteiger partial charge >= 0.3 is 34.1 Å². The molecule has 0 spiro atoms. The molecule has 0 unspecified atom stereocenters. The summed E-state index contributed by atoms with van der Waals surface area (Å²) in [6.07, 6.45) is 0. The van der Waals surface area contributed by atoms with Crippen LogP contribution in [0.1, 0.15) is 0 Å². The van der Waals surface area contributed by atoms with Crippen molar-refractivity contribution in [2.24, 2.45) is 0 Å². The van der Waals surface area contributed by atoms with E-state index in [9.17, 15) is 0 Å². The van der Waals surface area contributed by atoms with Crippen molar-refractivity contribution in [3.63, 3.8) is 0 Å². The molecule has 202 valence electrons. The first-order chi connectivity index (χ1) is 12.0. The van der Waals surface area contributed by atoms with E-state index in [1.807, 2.05) is 0 Å². The molecule has 0 bridgehead atoms. The Kier molecular flexibility index (Phi) is 40.6. The van der Waals surface area contributed by atoms with Crippen molar-refractivity contribution in [1.29, 1.82) is 0 Å². The first-order valence-corrected chi connectivity index (χ1v) is 17.3. The van der Waals surface area contributed by atoms with E-state index >= 15 is 0 Å². The zero-order valence-electron chi connectivity index (χ0n) is 12.8. The van der Waals surface area contributed by atoms with Crippen molar-refractivity contribution in [3.8, 4) is 0 Å². The molecule has 32 heavy (non-hydrogen) atoms. The monoisotopic (exact) mass is 801 g/mol. The van der Waals surface area contributed by atoms with E-state index in [-0.39, 0.29) is 34.1 Å². The standard InChI is InChI=1S/6ClHO3S.2Fe/c6*1-5(2,3)4;;/h6*(H,2,3,4);;/q;;;;;;2*+3/p-6. The summed E-state index contributed by atoms with van der Waals surface area (Å²) in [6.45, 7) is 0. The SMILES string of the molecule is O=S(=O)([O-])Cl.O=S(=O)([O-])Cl.O=S(=O)([O-])Cl.O=S(=O)([O-])Cl.O=S(=O)([O-])Cl.O=S(=O)([O-])Cl.[Fe+3].[Fe+3]. The molecule has 2 radical (unpaired) electrons. The molecule has 18 nitrogen and oxygen atoms in total. The fraction of sp³-hybridized carbons (Fsp3) is 0. The van der Waals surface area contributed by atoms with Gasteiger partial charge in [-0.3, -0.25) is 0 Å². The van der Waals surface area contributed by atoms with Crippen molar-refractivity contribution in [3.05, 3.63) is 0 Å². The summed E-state index contributed by atoms with van der Waals surface area (Å²) in [5, 5.41) is 0. The second-order valence-electron chi connectivity index (χ2n) is 2.36. The Balaban J connectivity index is -0.0000000356. The molecular formula is Cl6Fe2O18S6. The normalized spacial score (nSPS) is 10.9. The van der Waals surface area contributed by atoms with Crippen LogP contribution in [0.15, 0.2) is 0 Å². The average Bonchev–Trinajstić information content (AvgIpc) is 1.94. The molecular weight excluding hydrogens is 805 g/mol. The van der Waals surface area contributed by atoms with E-state index in [1.54, 1.807) is 0 Å². The summed E-state index contributed by atoms with van der Waals surface area (Å²) in [6, 6.07) is 0. The average molecular weight is 805 g/mol. The molecule has 0 saturated heterocycles. The molecule has 0 aliphatic carbocycles. The van der Waals surface area contributed by atoms with Crippen molar-refractivity contribution in [2.45, 2.75) is 0 Å². The summed E-state index contributed by atoms with van der Waals surface area (Å²) < 4.78 is 159. The smallest absolute Gasteiger partial charge is 0.735 e. The van der Waals surface area contributed by atoms with E-state index in [1.165, 1.54) is 0 Å². The van der Waals surface area contributed by atoms with Gasteiger partial charge in [0.2, 0.25) is 0 Å². The van der Waals surface area contributed by atoms with Gasteiger partial charge in [-0.1, -0.05) is 0 Å². The Bertz CT molecular complexity index is 784. The minimum atomic E-state index is -4.44. The summed E-state index contributed by atoms with van der Waals surface area (Å²) in [4.78, 5) is 0. The van der Waals surface area contributed by atoms with E-state index in [0.717, 1.165) is 0 Å². The predicted molar refractivity (Wildman–Crippen MR) is 93.3 cm³/mol. The number of halogens is 6. The van der Waals surface area contributed by atoms with Gasteiger partial charge in [0.25, 0.3) is 0 Å². The summed E-state index contributed by atoms with van der Waals surface area (Å²) in [7, 11) is -2.99. The van der Waals surface area contributed by atoms with Gasteiger partial charge in [-0.15, -0.1) is 0 Å². The number of hydrogen-bond acceptors (Lipinski definition) is 18. The van der Waals surface area contributed by atoms with Crippen LogP contribution in [-0.4, -0.2) is 77.8 Å². The molecule has 0 fully saturated rings. The molecule has 0 aliphatic heterocycles. The molecule has 0 saturated carbocycles. The molecule has 0 aromatic rings. The third-order valence-corrected chi connectivity index (χ3v) is 0. The first kappa shape index (κ1) is 54.9. The van der Waals surface area contributed by atoms with Crippen LogP contribution in [0.4, 0.5) is 0 Å². The van der Waals surface area contributed by atoms with Gasteiger partial charge in [-0.05, 0) is 0 Å². The number of rotatable bonds is 0. The Morgan fingerprint density at radius 1 is 0.281 bits per heavy atom. The number of hydrogen-bond donors (Lipinski definition) is 0. The van der Waals surface area contributed by atoms with Crippen LogP contribution in [0.2, 0.25) is 0 Å². The fourth-order valence-electron chi connectivity index (χ4n) is 0. The molecule has 0 aromatic heterocycles. The van der Waals surface area contributed by atoms with Crippen LogP contribution in [0.3, 0.4) is 0 Å². The van der Waals surface area contributed by atoms with Crippen LogP contribution in [0.25, 0.3) is 0 Å². The third-order valence-electron chi connectivity index (χ3n) is 0. The molecule has 0 N–H and O–H groups in total. The first-order valence-electron chi connectivity index (χ1n) is 3.93. The van der Waals surface area contributed by atoms with Gasteiger partial charge in [-0.25, -0.2) is 50.5 Å². The quantitative estimate of drug-likeness (QED) is 0.147. The zero-order valence-corrected chi connectivity index (χ0v) is 24.4. The maximum Gasteiger partial charge on any atom is 3.00 e. The van der Waals surface area contributed by atoms with Gasteiger partial charge in [0, 0.05) is 64.1 Å². The largest absolute Gasteiger partial charge is 3.00 e.